The second-order valence-corrected chi connectivity index (χ2v) is 3.84. The molecule has 4 nitrogen and oxygen atoms in total. The van der Waals surface area contributed by atoms with E-state index in [2.05, 4.69) is 0 Å². The van der Waals surface area contributed by atoms with E-state index in [1.807, 2.05) is 13.0 Å². The highest BCUT2D eigenvalue weighted by molar-refractivity contribution is 6.06. The van der Waals surface area contributed by atoms with Gasteiger partial charge in [0.05, 0.1) is 7.11 Å². The molecule has 1 aromatic carbocycles. The van der Waals surface area contributed by atoms with Crippen molar-refractivity contribution in [1.29, 1.82) is 0 Å². The largest absolute Gasteiger partial charge is 0.493 e. The lowest BCUT2D eigenvalue weighted by molar-refractivity contribution is 0.408. The van der Waals surface area contributed by atoms with E-state index in [0.717, 1.165) is 16.5 Å². The standard InChI is InChI=1S/C13H10O4/c1-7-5-9-8-3-4-12(14)17-10(8)6-11(15-2)13(9)16-7/h3-6H,1-2H3. The van der Waals surface area contributed by atoms with Crippen LogP contribution in [0.15, 0.2) is 37.9 Å². The topological polar surface area (TPSA) is 52.6 Å². The Balaban J connectivity index is 2.57. The second-order valence-electron chi connectivity index (χ2n) is 3.84. The summed E-state index contributed by atoms with van der Waals surface area (Å²) in [6.45, 7) is 1.87. The Bertz CT molecular complexity index is 764. The number of aryl methyl sites for hydroxylation is 1. The molecule has 0 saturated carbocycles. The minimum atomic E-state index is -0.376. The van der Waals surface area contributed by atoms with Crippen molar-refractivity contribution in [3.05, 3.63) is 40.4 Å². The van der Waals surface area contributed by atoms with Gasteiger partial charge < -0.3 is 13.6 Å². The summed E-state index contributed by atoms with van der Waals surface area (Å²) in [6.07, 6.45) is 0. The lowest BCUT2D eigenvalue weighted by Crippen LogP contribution is -1.95. The highest BCUT2D eigenvalue weighted by atomic mass is 16.5. The maximum absolute atomic E-state index is 11.2. The van der Waals surface area contributed by atoms with Crippen molar-refractivity contribution in [2.24, 2.45) is 0 Å². The third kappa shape index (κ3) is 1.41. The van der Waals surface area contributed by atoms with Crippen LogP contribution in [0.3, 0.4) is 0 Å². The van der Waals surface area contributed by atoms with E-state index in [1.54, 1.807) is 19.2 Å². The van der Waals surface area contributed by atoms with Gasteiger partial charge in [-0.25, -0.2) is 4.79 Å². The van der Waals surface area contributed by atoms with Crippen LogP contribution in [0.1, 0.15) is 5.76 Å². The molecule has 0 radical (unpaired) electrons. The van der Waals surface area contributed by atoms with E-state index in [9.17, 15) is 4.79 Å². The van der Waals surface area contributed by atoms with Crippen LogP contribution >= 0.6 is 0 Å². The quantitative estimate of drug-likeness (QED) is 0.603. The molecule has 4 heteroatoms. The van der Waals surface area contributed by atoms with Crippen molar-refractivity contribution >= 4 is 21.9 Å². The highest BCUT2D eigenvalue weighted by Crippen LogP contribution is 2.34. The first kappa shape index (κ1) is 9.96. The molecule has 0 bridgehead atoms. The number of furan rings is 1. The van der Waals surface area contributed by atoms with Gasteiger partial charge in [0.2, 0.25) is 0 Å². The molecule has 0 amide bonds. The van der Waals surface area contributed by atoms with Gasteiger partial charge >= 0.3 is 5.63 Å². The van der Waals surface area contributed by atoms with Crippen LogP contribution in [0.2, 0.25) is 0 Å². The Kier molecular flexibility index (Phi) is 1.98. The fraction of sp³-hybridized carbons (Fsp3) is 0.154. The first-order valence-corrected chi connectivity index (χ1v) is 5.20. The van der Waals surface area contributed by atoms with Crippen LogP contribution in [-0.2, 0) is 0 Å². The van der Waals surface area contributed by atoms with Crippen LogP contribution in [-0.4, -0.2) is 7.11 Å². The van der Waals surface area contributed by atoms with Crippen LogP contribution in [0.25, 0.3) is 21.9 Å². The van der Waals surface area contributed by atoms with E-state index in [0.29, 0.717) is 16.9 Å². The number of ether oxygens (including phenoxy) is 1. The van der Waals surface area contributed by atoms with E-state index in [-0.39, 0.29) is 5.63 Å². The van der Waals surface area contributed by atoms with Gasteiger partial charge in [-0.2, -0.15) is 0 Å². The summed E-state index contributed by atoms with van der Waals surface area (Å²) in [4.78, 5) is 11.2. The summed E-state index contributed by atoms with van der Waals surface area (Å²) >= 11 is 0. The van der Waals surface area contributed by atoms with Gasteiger partial charge in [-0.3, -0.25) is 0 Å². The van der Waals surface area contributed by atoms with Crippen LogP contribution in [0.5, 0.6) is 5.75 Å². The zero-order valence-corrected chi connectivity index (χ0v) is 9.44. The minimum Gasteiger partial charge on any atom is -0.493 e. The summed E-state index contributed by atoms with van der Waals surface area (Å²) in [5.74, 6) is 1.35. The predicted molar refractivity (Wildman–Crippen MR) is 63.5 cm³/mol. The Morgan fingerprint density at radius 2 is 1.94 bits per heavy atom. The molecule has 3 rings (SSSR count). The fourth-order valence-electron chi connectivity index (χ4n) is 1.99. The van der Waals surface area contributed by atoms with Crippen molar-refractivity contribution in [2.75, 3.05) is 7.11 Å². The first-order chi connectivity index (χ1) is 8.19. The summed E-state index contributed by atoms with van der Waals surface area (Å²) in [6, 6.07) is 6.71. The van der Waals surface area contributed by atoms with Crippen LogP contribution < -0.4 is 10.4 Å². The molecule has 2 aromatic heterocycles. The maximum Gasteiger partial charge on any atom is 0.336 e. The maximum atomic E-state index is 11.2. The highest BCUT2D eigenvalue weighted by Gasteiger charge is 2.13. The minimum absolute atomic E-state index is 0.376. The molecule has 0 fully saturated rings. The number of benzene rings is 1. The molecule has 0 unspecified atom stereocenters. The Morgan fingerprint density at radius 1 is 1.12 bits per heavy atom. The number of methoxy groups -OCH3 is 1. The summed E-state index contributed by atoms with van der Waals surface area (Å²) in [7, 11) is 1.56. The van der Waals surface area contributed by atoms with E-state index >= 15 is 0 Å². The Hall–Kier alpha value is -2.23. The molecule has 0 N–H and O–H groups in total. The average Bonchev–Trinajstić information content (AvgIpc) is 2.69. The number of rotatable bonds is 1. The van der Waals surface area contributed by atoms with Crippen molar-refractivity contribution in [3.63, 3.8) is 0 Å². The lowest BCUT2D eigenvalue weighted by Gasteiger charge is -2.03. The monoisotopic (exact) mass is 230 g/mol. The van der Waals surface area contributed by atoms with Gasteiger partial charge in [-0.15, -0.1) is 0 Å². The fourth-order valence-corrected chi connectivity index (χ4v) is 1.99. The average molecular weight is 230 g/mol. The van der Waals surface area contributed by atoms with Gasteiger partial charge in [-0.1, -0.05) is 0 Å². The molecule has 17 heavy (non-hydrogen) atoms. The van der Waals surface area contributed by atoms with Gasteiger partial charge in [-0.05, 0) is 19.1 Å². The number of fused-ring (bicyclic) bond motifs is 3. The zero-order valence-electron chi connectivity index (χ0n) is 9.44. The van der Waals surface area contributed by atoms with Gasteiger partial charge in [0, 0.05) is 22.9 Å². The smallest absolute Gasteiger partial charge is 0.336 e. The zero-order chi connectivity index (χ0) is 12.0. The molecule has 0 atom stereocenters. The molecule has 0 aliphatic rings. The first-order valence-electron chi connectivity index (χ1n) is 5.20. The Labute approximate surface area is 96.4 Å². The lowest BCUT2D eigenvalue weighted by atomic mass is 10.1. The van der Waals surface area contributed by atoms with Crippen molar-refractivity contribution in [2.45, 2.75) is 6.92 Å². The summed E-state index contributed by atoms with van der Waals surface area (Å²) in [5.41, 5.74) is 0.799. The number of hydrogen-bond acceptors (Lipinski definition) is 4. The molecular weight excluding hydrogens is 220 g/mol. The molecule has 0 spiro atoms. The molecule has 0 aliphatic heterocycles. The van der Waals surface area contributed by atoms with E-state index < -0.39 is 0 Å². The van der Waals surface area contributed by atoms with Crippen molar-refractivity contribution in [3.8, 4) is 5.75 Å². The SMILES string of the molecule is COc1cc2oc(=O)ccc2c2cc(C)oc12. The summed E-state index contributed by atoms with van der Waals surface area (Å²) in [5, 5.41) is 1.73. The van der Waals surface area contributed by atoms with Crippen LogP contribution in [0, 0.1) is 6.92 Å². The molecule has 0 saturated heterocycles. The van der Waals surface area contributed by atoms with Crippen molar-refractivity contribution < 1.29 is 13.6 Å². The van der Waals surface area contributed by atoms with Crippen LogP contribution in [0.4, 0.5) is 0 Å². The second kappa shape index (κ2) is 3.38. The predicted octanol–water partition coefficient (Wildman–Crippen LogP) is 2.86. The summed E-state index contributed by atoms with van der Waals surface area (Å²) < 4.78 is 16.0. The van der Waals surface area contributed by atoms with Crippen molar-refractivity contribution in [1.82, 2.24) is 0 Å². The molecule has 86 valence electrons. The molecule has 2 heterocycles. The van der Waals surface area contributed by atoms with Gasteiger partial charge in [0.25, 0.3) is 0 Å². The van der Waals surface area contributed by atoms with E-state index in [4.69, 9.17) is 13.6 Å². The molecule has 0 aliphatic carbocycles. The third-order valence-corrected chi connectivity index (χ3v) is 2.71. The third-order valence-electron chi connectivity index (χ3n) is 2.71. The number of hydrogen-bond donors (Lipinski definition) is 0. The molecular formula is C13H10O4. The van der Waals surface area contributed by atoms with Gasteiger partial charge in [0.15, 0.2) is 11.3 Å². The normalized spacial score (nSPS) is 11.2. The molecule has 3 aromatic rings. The van der Waals surface area contributed by atoms with Gasteiger partial charge in [0.1, 0.15) is 11.3 Å². The Morgan fingerprint density at radius 3 is 2.71 bits per heavy atom. The van der Waals surface area contributed by atoms with E-state index in [1.165, 1.54) is 6.07 Å².